The van der Waals surface area contributed by atoms with Crippen LogP contribution in [0.5, 0.6) is 0 Å². The second-order valence-electron chi connectivity index (χ2n) is 1.80. The van der Waals surface area contributed by atoms with Crippen molar-refractivity contribution in [2.45, 2.75) is 4.58 Å². The van der Waals surface area contributed by atoms with E-state index in [9.17, 15) is 4.79 Å². The van der Waals surface area contributed by atoms with E-state index < -0.39 is 5.92 Å². The Labute approximate surface area is 67.7 Å². The molecule has 54 valence electrons. The molecule has 0 radical (unpaired) electrons. The number of rotatable bonds is 1. The zero-order valence-corrected chi connectivity index (χ0v) is 6.96. The first kappa shape index (κ1) is 7.76. The predicted octanol–water partition coefficient (Wildman–Crippen LogP) is 0.593. The van der Waals surface area contributed by atoms with Gasteiger partial charge in [0.15, 0.2) is 0 Å². The third kappa shape index (κ3) is 1.22. The molecule has 3 nitrogen and oxygen atoms in total. The molecule has 1 heterocycles. The third-order valence-electron chi connectivity index (χ3n) is 1.20. The Hall–Kier alpha value is -0.340. The number of thioether (sulfide) groups is 1. The van der Waals surface area contributed by atoms with E-state index >= 15 is 0 Å². The van der Waals surface area contributed by atoms with Crippen LogP contribution in [0.25, 0.3) is 0 Å². The van der Waals surface area contributed by atoms with Crippen molar-refractivity contribution >= 4 is 29.6 Å². The van der Waals surface area contributed by atoms with Crippen LogP contribution in [0.15, 0.2) is 0 Å². The maximum absolute atomic E-state index is 10.8. The molecule has 5 heteroatoms. The summed E-state index contributed by atoms with van der Waals surface area (Å²) in [7, 11) is 0. The summed E-state index contributed by atoms with van der Waals surface area (Å²) in [6, 6.07) is 1.96. The van der Waals surface area contributed by atoms with Crippen LogP contribution >= 0.6 is 23.7 Å². The number of hydrogen-bond acceptors (Lipinski definition) is 4. The van der Waals surface area contributed by atoms with Gasteiger partial charge in [-0.3, -0.25) is 9.52 Å². The molecule has 0 aromatic rings. The summed E-state index contributed by atoms with van der Waals surface area (Å²) in [6.07, 6.45) is 1.89. The van der Waals surface area contributed by atoms with Crippen LogP contribution in [0.3, 0.4) is 0 Å². The highest BCUT2D eigenvalue weighted by Crippen LogP contribution is 2.32. The minimum atomic E-state index is -0.472. The molecule has 0 aliphatic carbocycles. The molecule has 0 aromatic heterocycles. The van der Waals surface area contributed by atoms with Crippen molar-refractivity contribution in [3.05, 3.63) is 0 Å². The van der Waals surface area contributed by atoms with Gasteiger partial charge in [-0.05, 0) is 18.2 Å². The first-order valence-electron chi connectivity index (χ1n) is 2.67. The van der Waals surface area contributed by atoms with Crippen molar-refractivity contribution in [2.24, 2.45) is 5.92 Å². The van der Waals surface area contributed by atoms with Crippen LogP contribution in [-0.4, -0.2) is 16.7 Å². The number of nitrogens with zero attached hydrogens (tertiary/aromatic N) is 1. The minimum Gasteiger partial charge on any atom is -0.298 e. The van der Waals surface area contributed by atoms with Crippen LogP contribution < -0.4 is 4.72 Å². The van der Waals surface area contributed by atoms with Crippen molar-refractivity contribution in [1.82, 2.24) is 4.72 Å². The molecule has 0 aromatic carbocycles. The van der Waals surface area contributed by atoms with E-state index in [2.05, 4.69) is 4.72 Å². The Balaban J connectivity index is 2.65. The number of amides is 1. The number of carbonyl (C=O) groups excluding carboxylic acids is 1. The van der Waals surface area contributed by atoms with Gasteiger partial charge in [-0.2, -0.15) is 5.26 Å². The second-order valence-corrected chi connectivity index (χ2v) is 4.02. The number of nitriles is 1. The summed E-state index contributed by atoms with van der Waals surface area (Å²) >= 11 is 2.85. The van der Waals surface area contributed by atoms with Gasteiger partial charge in [0.25, 0.3) is 0 Å². The first-order chi connectivity index (χ1) is 4.79. The first-order valence-corrected chi connectivity index (χ1v) is 4.84. The Kier molecular flexibility index (Phi) is 2.46. The number of nitrogens with one attached hydrogen (secondary N) is 1. The fourth-order valence-corrected chi connectivity index (χ4v) is 2.34. The fraction of sp³-hybridized carbons (Fsp3) is 0.600. The zero-order chi connectivity index (χ0) is 7.56. The summed E-state index contributed by atoms with van der Waals surface area (Å²) < 4.78 is 2.62. The summed E-state index contributed by atoms with van der Waals surface area (Å²) in [5.74, 6) is -0.633. The van der Waals surface area contributed by atoms with Gasteiger partial charge in [0.05, 0.1) is 10.7 Å². The lowest BCUT2D eigenvalue weighted by Crippen LogP contribution is -2.18. The topological polar surface area (TPSA) is 52.9 Å². The molecule has 0 bridgehead atoms. The molecular formula is C5H6N2OS2. The van der Waals surface area contributed by atoms with E-state index in [0.29, 0.717) is 0 Å². The Bertz CT molecular complexity index is 189. The van der Waals surface area contributed by atoms with Crippen LogP contribution in [0.1, 0.15) is 0 Å². The van der Waals surface area contributed by atoms with Gasteiger partial charge < -0.3 is 0 Å². The Morgan fingerprint density at radius 1 is 1.90 bits per heavy atom. The Morgan fingerprint density at radius 2 is 2.60 bits per heavy atom. The van der Waals surface area contributed by atoms with E-state index in [1.54, 1.807) is 0 Å². The molecule has 1 aliphatic heterocycles. The molecule has 1 aliphatic rings. The smallest absolute Gasteiger partial charge is 0.249 e. The summed E-state index contributed by atoms with van der Waals surface area (Å²) in [4.78, 5) is 10.8. The van der Waals surface area contributed by atoms with Crippen molar-refractivity contribution in [2.75, 3.05) is 6.26 Å². The summed E-state index contributed by atoms with van der Waals surface area (Å²) in [5.41, 5.74) is 0. The second kappa shape index (κ2) is 3.17. The van der Waals surface area contributed by atoms with Gasteiger partial charge in [-0.1, -0.05) is 0 Å². The van der Waals surface area contributed by atoms with Crippen molar-refractivity contribution in [1.29, 1.82) is 5.26 Å². The number of hydrogen-bond donors (Lipinski definition) is 1. The third-order valence-corrected chi connectivity index (χ3v) is 3.63. The van der Waals surface area contributed by atoms with Gasteiger partial charge >= 0.3 is 0 Å². The molecule has 10 heavy (non-hydrogen) atoms. The lowest BCUT2D eigenvalue weighted by Gasteiger charge is -2.02. The molecule has 1 saturated heterocycles. The summed E-state index contributed by atoms with van der Waals surface area (Å²) in [6.45, 7) is 0. The highest BCUT2D eigenvalue weighted by Gasteiger charge is 2.35. The highest BCUT2D eigenvalue weighted by molar-refractivity contribution is 8.16. The Morgan fingerprint density at radius 3 is 3.00 bits per heavy atom. The molecule has 1 fully saturated rings. The highest BCUT2D eigenvalue weighted by atomic mass is 32.2. The van der Waals surface area contributed by atoms with E-state index in [4.69, 9.17) is 5.26 Å². The standard InChI is InChI=1S/C5H6N2OS2/c1-9-5-3(2-6)4(8)7-10-5/h3,5H,1H3,(H,7,8). The fourth-order valence-electron chi connectivity index (χ4n) is 0.675. The zero-order valence-electron chi connectivity index (χ0n) is 5.33. The van der Waals surface area contributed by atoms with Gasteiger partial charge in [0.1, 0.15) is 5.92 Å². The quantitative estimate of drug-likeness (QED) is 0.591. The number of carbonyl (C=O) groups is 1. The van der Waals surface area contributed by atoms with Crippen LogP contribution in [0.2, 0.25) is 0 Å². The molecule has 1 rings (SSSR count). The van der Waals surface area contributed by atoms with Gasteiger partial charge in [0.2, 0.25) is 5.91 Å². The SMILES string of the molecule is CSC1SNC(=O)C1C#N. The summed E-state index contributed by atoms with van der Waals surface area (Å²) in [5, 5.41) is 8.50. The van der Waals surface area contributed by atoms with Crippen molar-refractivity contribution in [3.63, 3.8) is 0 Å². The van der Waals surface area contributed by atoms with Crippen molar-refractivity contribution < 1.29 is 4.79 Å². The average molecular weight is 174 g/mol. The predicted molar refractivity (Wildman–Crippen MR) is 42.1 cm³/mol. The molecule has 1 N–H and O–H groups in total. The average Bonchev–Trinajstić information content (AvgIpc) is 2.30. The molecule has 0 saturated carbocycles. The normalized spacial score (nSPS) is 31.4. The maximum Gasteiger partial charge on any atom is 0.249 e. The van der Waals surface area contributed by atoms with E-state index in [0.717, 1.165) is 0 Å². The lowest BCUT2D eigenvalue weighted by molar-refractivity contribution is -0.120. The van der Waals surface area contributed by atoms with E-state index in [1.165, 1.54) is 23.7 Å². The molecule has 0 spiro atoms. The molecular weight excluding hydrogens is 168 g/mol. The monoisotopic (exact) mass is 174 g/mol. The van der Waals surface area contributed by atoms with Crippen LogP contribution in [0, 0.1) is 17.2 Å². The molecule has 2 unspecified atom stereocenters. The van der Waals surface area contributed by atoms with Gasteiger partial charge in [-0.15, -0.1) is 11.8 Å². The molecule has 2 atom stereocenters. The molecule has 1 amide bonds. The van der Waals surface area contributed by atoms with E-state index in [1.807, 2.05) is 12.3 Å². The van der Waals surface area contributed by atoms with Gasteiger partial charge in [-0.25, -0.2) is 0 Å². The van der Waals surface area contributed by atoms with Crippen LogP contribution in [-0.2, 0) is 4.79 Å². The van der Waals surface area contributed by atoms with Crippen molar-refractivity contribution in [3.8, 4) is 6.07 Å². The largest absolute Gasteiger partial charge is 0.298 e. The lowest BCUT2D eigenvalue weighted by atomic mass is 10.2. The van der Waals surface area contributed by atoms with Crippen LogP contribution in [0.4, 0.5) is 0 Å². The van der Waals surface area contributed by atoms with E-state index in [-0.39, 0.29) is 10.5 Å². The van der Waals surface area contributed by atoms with Gasteiger partial charge in [0, 0.05) is 0 Å². The minimum absolute atomic E-state index is 0.0671. The maximum atomic E-state index is 10.8.